The summed E-state index contributed by atoms with van der Waals surface area (Å²) in [5.74, 6) is 0.886. The number of hydrogen-bond donors (Lipinski definition) is 0. The fraction of sp³-hybridized carbons (Fsp3) is 0.545. The first-order chi connectivity index (χ1) is 6.75. The Hall–Kier alpha value is -0.760. The molecule has 1 heterocycles. The number of pyridine rings is 1. The molecule has 1 aliphatic rings. The van der Waals surface area contributed by atoms with E-state index in [2.05, 4.69) is 4.98 Å². The molecule has 2 rings (SSSR count). The maximum Gasteiger partial charge on any atom is 0.132 e. The topological polar surface area (TPSA) is 22.1 Å². The number of aryl methyl sites for hydroxylation is 1. The van der Waals surface area contributed by atoms with Crippen LogP contribution in [0.2, 0.25) is 5.15 Å². The zero-order chi connectivity index (χ0) is 9.97. The van der Waals surface area contributed by atoms with Gasteiger partial charge >= 0.3 is 0 Å². The van der Waals surface area contributed by atoms with Gasteiger partial charge in [-0.25, -0.2) is 4.98 Å². The predicted octanol–water partition coefficient (Wildman–Crippen LogP) is 3.36. The van der Waals surface area contributed by atoms with Crippen molar-refractivity contribution in [1.82, 2.24) is 4.98 Å². The van der Waals surface area contributed by atoms with Crippen molar-refractivity contribution in [3.05, 3.63) is 23.0 Å². The lowest BCUT2D eigenvalue weighted by atomic mass is 10.2. The van der Waals surface area contributed by atoms with Crippen LogP contribution in [0, 0.1) is 6.92 Å². The van der Waals surface area contributed by atoms with Crippen molar-refractivity contribution in [1.29, 1.82) is 0 Å². The van der Waals surface area contributed by atoms with Crippen LogP contribution in [0.1, 0.15) is 31.2 Å². The van der Waals surface area contributed by atoms with E-state index in [0.29, 0.717) is 11.3 Å². The Kier molecular flexibility index (Phi) is 2.92. The monoisotopic (exact) mass is 211 g/mol. The Labute approximate surface area is 89.3 Å². The van der Waals surface area contributed by atoms with Crippen LogP contribution in [-0.4, -0.2) is 11.1 Å². The van der Waals surface area contributed by atoms with E-state index in [1.807, 2.05) is 6.92 Å². The molecule has 1 aliphatic carbocycles. The van der Waals surface area contributed by atoms with Gasteiger partial charge in [-0.15, -0.1) is 0 Å². The fourth-order valence-corrected chi connectivity index (χ4v) is 1.94. The van der Waals surface area contributed by atoms with Gasteiger partial charge in [-0.1, -0.05) is 11.6 Å². The highest BCUT2D eigenvalue weighted by Gasteiger charge is 2.17. The highest BCUT2D eigenvalue weighted by molar-refractivity contribution is 6.29. The van der Waals surface area contributed by atoms with Gasteiger partial charge in [-0.3, -0.25) is 0 Å². The van der Waals surface area contributed by atoms with Gasteiger partial charge in [0.1, 0.15) is 10.9 Å². The van der Waals surface area contributed by atoms with Gasteiger partial charge in [-0.2, -0.15) is 0 Å². The molecule has 0 aromatic carbocycles. The quantitative estimate of drug-likeness (QED) is 0.700. The normalized spacial score (nSPS) is 17.3. The van der Waals surface area contributed by atoms with Crippen LogP contribution in [0.15, 0.2) is 12.3 Å². The van der Waals surface area contributed by atoms with E-state index in [-0.39, 0.29) is 0 Å². The molecular weight excluding hydrogens is 198 g/mol. The molecule has 0 aliphatic heterocycles. The molecule has 76 valence electrons. The largest absolute Gasteiger partial charge is 0.490 e. The third-order valence-electron chi connectivity index (χ3n) is 2.62. The zero-order valence-electron chi connectivity index (χ0n) is 8.29. The van der Waals surface area contributed by atoms with Gasteiger partial charge in [0.05, 0.1) is 6.10 Å². The number of halogens is 1. The molecule has 0 N–H and O–H groups in total. The van der Waals surface area contributed by atoms with Crippen molar-refractivity contribution in [3.63, 3.8) is 0 Å². The Morgan fingerprint density at radius 2 is 2.14 bits per heavy atom. The Morgan fingerprint density at radius 1 is 1.43 bits per heavy atom. The maximum absolute atomic E-state index is 5.86. The minimum Gasteiger partial charge on any atom is -0.490 e. The van der Waals surface area contributed by atoms with Crippen molar-refractivity contribution in [3.8, 4) is 5.75 Å². The second kappa shape index (κ2) is 4.18. The summed E-state index contributed by atoms with van der Waals surface area (Å²) in [6, 6.07) is 1.80. The SMILES string of the molecule is Cc1cnc(Cl)cc1OC1CCCC1. The lowest BCUT2D eigenvalue weighted by molar-refractivity contribution is 0.208. The average Bonchev–Trinajstić information content (AvgIpc) is 2.64. The van der Waals surface area contributed by atoms with Crippen molar-refractivity contribution in [2.75, 3.05) is 0 Å². The number of hydrogen-bond acceptors (Lipinski definition) is 2. The van der Waals surface area contributed by atoms with Gasteiger partial charge in [0.25, 0.3) is 0 Å². The summed E-state index contributed by atoms with van der Waals surface area (Å²) in [4.78, 5) is 4.00. The van der Waals surface area contributed by atoms with E-state index >= 15 is 0 Å². The Morgan fingerprint density at radius 3 is 2.86 bits per heavy atom. The summed E-state index contributed by atoms with van der Waals surface area (Å²) in [5.41, 5.74) is 1.06. The summed E-state index contributed by atoms with van der Waals surface area (Å²) in [5, 5.41) is 0.503. The standard InChI is InChI=1S/C11H14ClNO/c1-8-7-13-11(12)6-10(8)14-9-4-2-3-5-9/h6-7,9H,2-5H2,1H3. The van der Waals surface area contributed by atoms with Crippen LogP contribution in [0.25, 0.3) is 0 Å². The smallest absolute Gasteiger partial charge is 0.132 e. The molecule has 1 saturated carbocycles. The third kappa shape index (κ3) is 2.18. The van der Waals surface area contributed by atoms with Crippen LogP contribution in [0.3, 0.4) is 0 Å². The summed E-state index contributed by atoms with van der Waals surface area (Å²) >= 11 is 5.81. The van der Waals surface area contributed by atoms with Crippen LogP contribution < -0.4 is 4.74 Å². The molecular formula is C11H14ClNO. The van der Waals surface area contributed by atoms with Gasteiger partial charge < -0.3 is 4.74 Å². The van der Waals surface area contributed by atoms with E-state index in [9.17, 15) is 0 Å². The highest BCUT2D eigenvalue weighted by Crippen LogP contribution is 2.27. The molecule has 2 nitrogen and oxygen atoms in total. The molecule has 0 amide bonds. The second-order valence-corrected chi connectivity index (χ2v) is 4.18. The fourth-order valence-electron chi connectivity index (χ4n) is 1.79. The van der Waals surface area contributed by atoms with E-state index in [1.54, 1.807) is 12.3 Å². The Balaban J connectivity index is 2.10. The molecule has 0 saturated heterocycles. The average molecular weight is 212 g/mol. The number of nitrogens with zero attached hydrogens (tertiary/aromatic N) is 1. The van der Waals surface area contributed by atoms with Crippen LogP contribution in [-0.2, 0) is 0 Å². The molecule has 1 aromatic rings. The summed E-state index contributed by atoms with van der Waals surface area (Å²) in [7, 11) is 0. The molecule has 0 atom stereocenters. The van der Waals surface area contributed by atoms with Gasteiger partial charge in [0, 0.05) is 17.8 Å². The van der Waals surface area contributed by atoms with E-state index < -0.39 is 0 Å². The highest BCUT2D eigenvalue weighted by atomic mass is 35.5. The first-order valence-corrected chi connectivity index (χ1v) is 5.42. The number of ether oxygens (including phenoxy) is 1. The van der Waals surface area contributed by atoms with E-state index in [0.717, 1.165) is 11.3 Å². The maximum atomic E-state index is 5.86. The third-order valence-corrected chi connectivity index (χ3v) is 2.82. The van der Waals surface area contributed by atoms with Crippen LogP contribution in [0.4, 0.5) is 0 Å². The molecule has 1 fully saturated rings. The van der Waals surface area contributed by atoms with Gasteiger partial charge in [-0.05, 0) is 32.6 Å². The molecule has 1 aromatic heterocycles. The summed E-state index contributed by atoms with van der Waals surface area (Å²) < 4.78 is 5.86. The van der Waals surface area contributed by atoms with Crippen molar-refractivity contribution in [2.45, 2.75) is 38.7 Å². The lowest BCUT2D eigenvalue weighted by Crippen LogP contribution is -2.11. The molecule has 0 radical (unpaired) electrons. The predicted molar refractivity (Wildman–Crippen MR) is 56.9 cm³/mol. The molecule has 14 heavy (non-hydrogen) atoms. The van der Waals surface area contributed by atoms with E-state index in [4.69, 9.17) is 16.3 Å². The minimum absolute atomic E-state index is 0.382. The number of aromatic nitrogens is 1. The zero-order valence-corrected chi connectivity index (χ0v) is 9.05. The molecule has 0 bridgehead atoms. The first-order valence-electron chi connectivity index (χ1n) is 5.04. The first kappa shape index (κ1) is 9.78. The van der Waals surface area contributed by atoms with E-state index in [1.165, 1.54) is 25.7 Å². The summed E-state index contributed by atoms with van der Waals surface area (Å²) in [6.45, 7) is 1.99. The second-order valence-electron chi connectivity index (χ2n) is 3.80. The molecule has 0 unspecified atom stereocenters. The molecule has 0 spiro atoms. The van der Waals surface area contributed by atoms with Crippen molar-refractivity contribution < 1.29 is 4.74 Å². The van der Waals surface area contributed by atoms with Gasteiger partial charge in [0.15, 0.2) is 0 Å². The van der Waals surface area contributed by atoms with Gasteiger partial charge in [0.2, 0.25) is 0 Å². The minimum atomic E-state index is 0.382. The van der Waals surface area contributed by atoms with Crippen LogP contribution in [0.5, 0.6) is 5.75 Å². The van der Waals surface area contributed by atoms with Crippen molar-refractivity contribution >= 4 is 11.6 Å². The lowest BCUT2D eigenvalue weighted by Gasteiger charge is -2.14. The van der Waals surface area contributed by atoms with Crippen molar-refractivity contribution in [2.24, 2.45) is 0 Å². The summed E-state index contributed by atoms with van der Waals surface area (Å²) in [6.07, 6.45) is 7.03. The molecule has 3 heteroatoms. The Bertz CT molecular complexity index is 321. The number of rotatable bonds is 2. The van der Waals surface area contributed by atoms with Crippen LogP contribution >= 0.6 is 11.6 Å².